The molecular weight excluding hydrogens is 233 g/mol. The molecule has 0 saturated carbocycles. The van der Waals surface area contributed by atoms with Crippen molar-refractivity contribution in [3.63, 3.8) is 0 Å². The number of carboxylic acids is 1. The first-order valence-electron chi connectivity index (χ1n) is 5.98. The van der Waals surface area contributed by atoms with E-state index in [1.54, 1.807) is 6.07 Å². The summed E-state index contributed by atoms with van der Waals surface area (Å²) in [6.45, 7) is 6.60. The van der Waals surface area contributed by atoms with E-state index < -0.39 is 5.97 Å². The molecule has 1 rings (SSSR count). The van der Waals surface area contributed by atoms with Crippen LogP contribution in [0, 0.1) is 5.82 Å². The maximum atomic E-state index is 13.2. The second kappa shape index (κ2) is 6.91. The molecule has 0 fully saturated rings. The summed E-state index contributed by atoms with van der Waals surface area (Å²) in [6, 6.07) is 4.46. The van der Waals surface area contributed by atoms with Crippen LogP contribution in [0.2, 0.25) is 0 Å². The van der Waals surface area contributed by atoms with E-state index in [-0.39, 0.29) is 5.82 Å². The summed E-state index contributed by atoms with van der Waals surface area (Å²) in [5, 5.41) is 8.62. The zero-order valence-corrected chi connectivity index (χ0v) is 10.7. The van der Waals surface area contributed by atoms with E-state index in [4.69, 9.17) is 5.11 Å². The van der Waals surface area contributed by atoms with E-state index >= 15 is 0 Å². The van der Waals surface area contributed by atoms with Gasteiger partial charge in [0.15, 0.2) is 0 Å². The Labute approximate surface area is 107 Å². The van der Waals surface area contributed by atoms with Crippen LogP contribution in [0.5, 0.6) is 0 Å². The van der Waals surface area contributed by atoms with Crippen LogP contribution < -0.4 is 0 Å². The quantitative estimate of drug-likeness (QED) is 0.790. The number of rotatable bonds is 6. The molecule has 0 amide bonds. The van der Waals surface area contributed by atoms with E-state index in [0.29, 0.717) is 12.1 Å². The maximum Gasteiger partial charge on any atom is 0.328 e. The molecular formula is C14H18FNO2. The zero-order valence-electron chi connectivity index (χ0n) is 10.7. The number of halogens is 1. The lowest BCUT2D eigenvalue weighted by atomic mass is 10.1. The topological polar surface area (TPSA) is 40.5 Å². The zero-order chi connectivity index (χ0) is 13.5. The molecule has 0 aliphatic rings. The lowest BCUT2D eigenvalue weighted by molar-refractivity contribution is -0.131. The van der Waals surface area contributed by atoms with Gasteiger partial charge in [0.25, 0.3) is 0 Å². The van der Waals surface area contributed by atoms with Gasteiger partial charge in [-0.05, 0) is 42.4 Å². The van der Waals surface area contributed by atoms with Crippen molar-refractivity contribution in [2.24, 2.45) is 0 Å². The highest BCUT2D eigenvalue weighted by Gasteiger charge is 2.06. The minimum Gasteiger partial charge on any atom is -0.478 e. The van der Waals surface area contributed by atoms with Crippen molar-refractivity contribution in [3.8, 4) is 0 Å². The number of carbonyl (C=O) groups is 1. The van der Waals surface area contributed by atoms with E-state index in [9.17, 15) is 9.18 Å². The number of benzene rings is 1. The van der Waals surface area contributed by atoms with Gasteiger partial charge >= 0.3 is 5.97 Å². The van der Waals surface area contributed by atoms with E-state index in [0.717, 1.165) is 24.7 Å². The molecule has 0 heterocycles. The van der Waals surface area contributed by atoms with Crippen molar-refractivity contribution in [2.45, 2.75) is 20.4 Å². The number of nitrogens with zero attached hydrogens (tertiary/aromatic N) is 1. The number of hydrogen-bond donors (Lipinski definition) is 1. The SMILES string of the molecule is CCN(CC)Cc1ccc(F)cc1/C=C/C(=O)O. The van der Waals surface area contributed by atoms with Gasteiger partial charge in [0.2, 0.25) is 0 Å². The highest BCUT2D eigenvalue weighted by atomic mass is 19.1. The fourth-order valence-electron chi connectivity index (χ4n) is 1.71. The van der Waals surface area contributed by atoms with Gasteiger partial charge < -0.3 is 5.11 Å². The molecule has 0 bridgehead atoms. The monoisotopic (exact) mass is 251 g/mol. The van der Waals surface area contributed by atoms with Crippen molar-refractivity contribution < 1.29 is 14.3 Å². The van der Waals surface area contributed by atoms with E-state index in [2.05, 4.69) is 18.7 Å². The molecule has 1 aromatic rings. The van der Waals surface area contributed by atoms with Crippen molar-refractivity contribution in [1.82, 2.24) is 4.90 Å². The van der Waals surface area contributed by atoms with Crippen LogP contribution >= 0.6 is 0 Å². The Morgan fingerprint density at radius 3 is 2.61 bits per heavy atom. The minimum atomic E-state index is -1.03. The van der Waals surface area contributed by atoms with Crippen LogP contribution in [-0.4, -0.2) is 29.1 Å². The number of carboxylic acid groups (broad SMARTS) is 1. The van der Waals surface area contributed by atoms with Crippen LogP contribution in [0.25, 0.3) is 6.08 Å². The smallest absolute Gasteiger partial charge is 0.328 e. The molecule has 4 heteroatoms. The molecule has 0 atom stereocenters. The first kappa shape index (κ1) is 14.4. The van der Waals surface area contributed by atoms with Gasteiger partial charge in [0.1, 0.15) is 5.82 Å². The third-order valence-corrected chi connectivity index (χ3v) is 2.80. The Kier molecular flexibility index (Phi) is 5.52. The van der Waals surface area contributed by atoms with Crippen LogP contribution in [0.15, 0.2) is 24.3 Å². The van der Waals surface area contributed by atoms with Gasteiger partial charge in [0.05, 0.1) is 0 Å². The Balaban J connectivity index is 2.99. The molecule has 98 valence electrons. The fraction of sp³-hybridized carbons (Fsp3) is 0.357. The van der Waals surface area contributed by atoms with Gasteiger partial charge in [0, 0.05) is 12.6 Å². The standard InChI is InChI=1S/C14H18FNO2/c1-3-16(4-2)10-12-5-7-13(15)9-11(12)6-8-14(17)18/h5-9H,3-4,10H2,1-2H3,(H,17,18)/b8-6+. The molecule has 1 aromatic carbocycles. The summed E-state index contributed by atoms with van der Waals surface area (Å²) in [7, 11) is 0. The summed E-state index contributed by atoms with van der Waals surface area (Å²) >= 11 is 0. The van der Waals surface area contributed by atoms with Crippen molar-refractivity contribution in [2.75, 3.05) is 13.1 Å². The van der Waals surface area contributed by atoms with Crippen molar-refractivity contribution >= 4 is 12.0 Å². The van der Waals surface area contributed by atoms with Crippen molar-refractivity contribution in [1.29, 1.82) is 0 Å². The molecule has 0 aliphatic carbocycles. The molecule has 0 aromatic heterocycles. The van der Waals surface area contributed by atoms with Gasteiger partial charge in [-0.1, -0.05) is 19.9 Å². The Morgan fingerprint density at radius 2 is 2.06 bits per heavy atom. The lowest BCUT2D eigenvalue weighted by Crippen LogP contribution is -2.22. The minimum absolute atomic E-state index is 0.358. The molecule has 0 unspecified atom stereocenters. The van der Waals surface area contributed by atoms with Gasteiger partial charge in [-0.15, -0.1) is 0 Å². The third-order valence-electron chi connectivity index (χ3n) is 2.80. The Bertz CT molecular complexity index is 439. The molecule has 3 nitrogen and oxygen atoms in total. The normalized spacial score (nSPS) is 11.3. The Morgan fingerprint density at radius 1 is 1.39 bits per heavy atom. The van der Waals surface area contributed by atoms with Crippen molar-refractivity contribution in [3.05, 3.63) is 41.2 Å². The number of aliphatic carboxylic acids is 1. The molecule has 0 spiro atoms. The summed E-state index contributed by atoms with van der Waals surface area (Å²) in [4.78, 5) is 12.7. The maximum absolute atomic E-state index is 13.2. The first-order valence-corrected chi connectivity index (χ1v) is 5.98. The summed E-state index contributed by atoms with van der Waals surface area (Å²) in [5.74, 6) is -1.39. The molecule has 0 saturated heterocycles. The fourth-order valence-corrected chi connectivity index (χ4v) is 1.71. The predicted octanol–water partition coefficient (Wildman–Crippen LogP) is 2.77. The second-order valence-electron chi connectivity index (χ2n) is 3.98. The first-order chi connectivity index (χ1) is 8.56. The largest absolute Gasteiger partial charge is 0.478 e. The van der Waals surface area contributed by atoms with E-state index in [1.807, 2.05) is 0 Å². The highest BCUT2D eigenvalue weighted by molar-refractivity contribution is 5.85. The molecule has 18 heavy (non-hydrogen) atoms. The van der Waals surface area contributed by atoms with Gasteiger partial charge in [-0.25, -0.2) is 9.18 Å². The number of hydrogen-bond acceptors (Lipinski definition) is 2. The lowest BCUT2D eigenvalue weighted by Gasteiger charge is -2.19. The third kappa shape index (κ3) is 4.30. The molecule has 0 radical (unpaired) electrons. The Hall–Kier alpha value is -1.68. The predicted molar refractivity (Wildman–Crippen MR) is 69.7 cm³/mol. The average Bonchev–Trinajstić information content (AvgIpc) is 2.35. The highest BCUT2D eigenvalue weighted by Crippen LogP contribution is 2.15. The van der Waals surface area contributed by atoms with Crippen LogP contribution in [-0.2, 0) is 11.3 Å². The van der Waals surface area contributed by atoms with Gasteiger partial charge in [-0.3, -0.25) is 4.90 Å². The summed E-state index contributed by atoms with van der Waals surface area (Å²) in [6.07, 6.45) is 2.46. The molecule has 1 N–H and O–H groups in total. The summed E-state index contributed by atoms with van der Waals surface area (Å²) in [5.41, 5.74) is 1.54. The van der Waals surface area contributed by atoms with E-state index in [1.165, 1.54) is 18.2 Å². The summed E-state index contributed by atoms with van der Waals surface area (Å²) < 4.78 is 13.2. The average molecular weight is 251 g/mol. The van der Waals surface area contributed by atoms with Crippen LogP contribution in [0.4, 0.5) is 4.39 Å². The van der Waals surface area contributed by atoms with Crippen LogP contribution in [0.1, 0.15) is 25.0 Å². The van der Waals surface area contributed by atoms with Gasteiger partial charge in [-0.2, -0.15) is 0 Å². The second-order valence-corrected chi connectivity index (χ2v) is 3.98. The molecule has 0 aliphatic heterocycles. The van der Waals surface area contributed by atoms with Crippen LogP contribution in [0.3, 0.4) is 0 Å².